The van der Waals surface area contributed by atoms with Gasteiger partial charge in [0.2, 0.25) is 5.91 Å². The van der Waals surface area contributed by atoms with Gasteiger partial charge in [-0.25, -0.2) is 4.98 Å². The van der Waals surface area contributed by atoms with Gasteiger partial charge in [0.05, 0.1) is 5.39 Å². The summed E-state index contributed by atoms with van der Waals surface area (Å²) in [5.41, 5.74) is 6.94. The average Bonchev–Trinajstić information content (AvgIpc) is 2.94. The Morgan fingerprint density at radius 1 is 1.37 bits per heavy atom. The highest BCUT2D eigenvalue weighted by atomic mass is 32.1. The number of hydrogen-bond acceptors (Lipinski definition) is 4. The molecule has 0 aromatic carbocycles. The number of primary amides is 1. The van der Waals surface area contributed by atoms with Crippen LogP contribution in [0.15, 0.2) is 4.79 Å². The number of nitrogens with zero attached hydrogens (tertiary/aromatic N) is 2. The van der Waals surface area contributed by atoms with Crippen LogP contribution in [0.4, 0.5) is 0 Å². The maximum absolute atomic E-state index is 13.5. The number of aromatic nitrogens is 2. The van der Waals surface area contributed by atoms with Crippen LogP contribution in [0.2, 0.25) is 0 Å². The Kier molecular flexibility index (Phi) is 5.48. The van der Waals surface area contributed by atoms with Crippen LogP contribution >= 0.6 is 11.3 Å². The Hall–Kier alpha value is -1.69. The number of hydrogen-bond donors (Lipinski definition) is 1. The summed E-state index contributed by atoms with van der Waals surface area (Å²) in [5.74, 6) is 0.839. The first-order valence-corrected chi connectivity index (χ1v) is 10.9. The number of nitrogens with two attached hydrogens (primary N) is 1. The molecular formula is C21H31N3O2S. The molecule has 1 aliphatic carbocycles. The molecule has 6 heteroatoms. The van der Waals surface area contributed by atoms with E-state index in [1.165, 1.54) is 4.88 Å². The van der Waals surface area contributed by atoms with Crippen molar-refractivity contribution in [3.63, 3.8) is 0 Å². The fraction of sp³-hybridized carbons (Fsp3) is 0.667. The van der Waals surface area contributed by atoms with Crippen LogP contribution < -0.4 is 11.3 Å². The molecule has 2 aromatic rings. The van der Waals surface area contributed by atoms with Crippen molar-refractivity contribution in [3.05, 3.63) is 26.6 Å². The minimum Gasteiger partial charge on any atom is -0.368 e. The smallest absolute Gasteiger partial charge is 0.263 e. The molecule has 0 saturated heterocycles. The van der Waals surface area contributed by atoms with Gasteiger partial charge in [-0.3, -0.25) is 14.2 Å². The lowest BCUT2D eigenvalue weighted by atomic mass is 9.72. The number of amides is 1. The molecule has 2 aromatic heterocycles. The average molecular weight is 390 g/mol. The van der Waals surface area contributed by atoms with E-state index in [-0.39, 0.29) is 11.0 Å². The van der Waals surface area contributed by atoms with Crippen LogP contribution in [0.5, 0.6) is 0 Å². The molecule has 2 unspecified atom stereocenters. The first-order valence-electron chi connectivity index (χ1n) is 10.0. The van der Waals surface area contributed by atoms with Crippen molar-refractivity contribution in [1.29, 1.82) is 0 Å². The Labute approximate surface area is 165 Å². The number of rotatable bonds is 5. The fourth-order valence-corrected chi connectivity index (χ4v) is 5.56. The summed E-state index contributed by atoms with van der Waals surface area (Å²) in [4.78, 5) is 32.4. The van der Waals surface area contributed by atoms with Gasteiger partial charge in [-0.15, -0.1) is 11.3 Å². The van der Waals surface area contributed by atoms with E-state index in [4.69, 9.17) is 10.7 Å². The van der Waals surface area contributed by atoms with Gasteiger partial charge >= 0.3 is 0 Å². The predicted molar refractivity (Wildman–Crippen MR) is 111 cm³/mol. The van der Waals surface area contributed by atoms with Crippen LogP contribution in [-0.2, 0) is 24.1 Å². The van der Waals surface area contributed by atoms with E-state index in [9.17, 15) is 9.59 Å². The Morgan fingerprint density at radius 3 is 2.63 bits per heavy atom. The third kappa shape index (κ3) is 3.56. The van der Waals surface area contributed by atoms with Crippen LogP contribution in [-0.4, -0.2) is 15.5 Å². The van der Waals surface area contributed by atoms with E-state index < -0.39 is 11.9 Å². The molecule has 27 heavy (non-hydrogen) atoms. The summed E-state index contributed by atoms with van der Waals surface area (Å²) < 4.78 is 1.58. The number of aryl methyl sites for hydroxylation is 2. The molecule has 0 aliphatic heterocycles. The van der Waals surface area contributed by atoms with E-state index in [0.717, 1.165) is 41.5 Å². The van der Waals surface area contributed by atoms with Crippen molar-refractivity contribution < 1.29 is 4.79 Å². The van der Waals surface area contributed by atoms with Gasteiger partial charge in [0.1, 0.15) is 16.7 Å². The minimum absolute atomic E-state index is 0.0826. The highest BCUT2D eigenvalue weighted by Crippen LogP contribution is 2.42. The number of fused-ring (bicyclic) bond motifs is 3. The van der Waals surface area contributed by atoms with Crippen LogP contribution in [0, 0.1) is 11.3 Å². The van der Waals surface area contributed by atoms with E-state index in [1.54, 1.807) is 15.9 Å². The van der Waals surface area contributed by atoms with Crippen molar-refractivity contribution in [2.75, 3.05) is 0 Å². The fourth-order valence-electron chi connectivity index (χ4n) is 4.25. The normalized spacial score (nSPS) is 18.5. The molecule has 3 rings (SSSR count). The standard InChI is InChI=1S/C21H31N3O2S/c1-6-8-16-23-19-17(20(26)24(16)14(7-2)18(22)25)13-10-9-12(21(3,4)5)11-15(13)27-19/h12,14H,6-11H2,1-5H3,(H2,22,25). The first kappa shape index (κ1) is 20.1. The monoisotopic (exact) mass is 389 g/mol. The van der Waals surface area contributed by atoms with E-state index in [1.807, 2.05) is 6.92 Å². The van der Waals surface area contributed by atoms with E-state index in [2.05, 4.69) is 27.7 Å². The lowest BCUT2D eigenvalue weighted by Crippen LogP contribution is -2.36. The van der Waals surface area contributed by atoms with Gasteiger partial charge in [-0.1, -0.05) is 34.6 Å². The number of carbonyl (C=O) groups is 1. The topological polar surface area (TPSA) is 78.0 Å². The molecule has 0 spiro atoms. The third-order valence-electron chi connectivity index (χ3n) is 5.91. The Balaban J connectivity index is 2.21. The maximum Gasteiger partial charge on any atom is 0.263 e. The summed E-state index contributed by atoms with van der Waals surface area (Å²) >= 11 is 1.67. The van der Waals surface area contributed by atoms with Crippen LogP contribution in [0.1, 0.15) is 76.2 Å². The summed E-state index contributed by atoms with van der Waals surface area (Å²) in [6.45, 7) is 10.8. The lowest BCUT2D eigenvalue weighted by Gasteiger charge is -2.33. The Bertz CT molecular complexity index is 920. The van der Waals surface area contributed by atoms with Crippen molar-refractivity contribution >= 4 is 27.5 Å². The van der Waals surface area contributed by atoms with Crippen molar-refractivity contribution in [2.45, 2.75) is 79.2 Å². The number of carbonyl (C=O) groups excluding carboxylic acids is 1. The minimum atomic E-state index is -0.627. The molecule has 0 fully saturated rings. The summed E-state index contributed by atoms with van der Waals surface area (Å²) in [6.07, 6.45) is 5.04. The molecule has 0 bridgehead atoms. The zero-order chi connectivity index (χ0) is 19.9. The summed E-state index contributed by atoms with van der Waals surface area (Å²) in [5, 5.41) is 0.724. The van der Waals surface area contributed by atoms with Crippen LogP contribution in [0.3, 0.4) is 0 Å². The predicted octanol–water partition coefficient (Wildman–Crippen LogP) is 4.00. The molecule has 148 valence electrons. The second kappa shape index (κ2) is 7.38. The summed E-state index contributed by atoms with van der Waals surface area (Å²) in [6, 6.07) is -0.627. The van der Waals surface area contributed by atoms with Crippen molar-refractivity contribution in [1.82, 2.24) is 9.55 Å². The molecule has 2 atom stereocenters. The van der Waals surface area contributed by atoms with Gasteiger partial charge in [0.15, 0.2) is 0 Å². The van der Waals surface area contributed by atoms with Gasteiger partial charge < -0.3 is 5.73 Å². The molecule has 5 nitrogen and oxygen atoms in total. The number of thiophene rings is 1. The van der Waals surface area contributed by atoms with Crippen molar-refractivity contribution in [3.8, 4) is 0 Å². The van der Waals surface area contributed by atoms with Crippen molar-refractivity contribution in [2.24, 2.45) is 17.1 Å². The molecule has 2 heterocycles. The van der Waals surface area contributed by atoms with Gasteiger partial charge in [-0.05, 0) is 49.0 Å². The zero-order valence-corrected chi connectivity index (χ0v) is 17.9. The molecule has 0 radical (unpaired) electrons. The quantitative estimate of drug-likeness (QED) is 0.839. The second-order valence-corrected chi connectivity index (χ2v) is 9.85. The van der Waals surface area contributed by atoms with Crippen LogP contribution in [0.25, 0.3) is 10.2 Å². The molecule has 0 saturated carbocycles. The molecular weight excluding hydrogens is 358 g/mol. The second-order valence-electron chi connectivity index (χ2n) is 8.77. The highest BCUT2D eigenvalue weighted by Gasteiger charge is 2.33. The largest absolute Gasteiger partial charge is 0.368 e. The van der Waals surface area contributed by atoms with E-state index >= 15 is 0 Å². The molecule has 1 aliphatic rings. The molecule has 1 amide bonds. The van der Waals surface area contributed by atoms with Gasteiger partial charge in [0.25, 0.3) is 5.56 Å². The first-order chi connectivity index (χ1) is 12.7. The maximum atomic E-state index is 13.5. The van der Waals surface area contributed by atoms with Gasteiger partial charge in [-0.2, -0.15) is 0 Å². The van der Waals surface area contributed by atoms with Gasteiger partial charge in [0, 0.05) is 11.3 Å². The molecule has 2 N–H and O–H groups in total. The van der Waals surface area contributed by atoms with E-state index in [0.29, 0.717) is 24.6 Å². The summed E-state index contributed by atoms with van der Waals surface area (Å²) in [7, 11) is 0. The third-order valence-corrected chi connectivity index (χ3v) is 7.06. The SMILES string of the molecule is CCCc1nc2sc3c(c2c(=O)n1C(CC)C(N)=O)CCC(C(C)(C)C)C3. The lowest BCUT2D eigenvalue weighted by molar-refractivity contribution is -0.121. The Morgan fingerprint density at radius 2 is 2.07 bits per heavy atom. The highest BCUT2D eigenvalue weighted by molar-refractivity contribution is 7.18. The zero-order valence-electron chi connectivity index (χ0n) is 17.1.